The van der Waals surface area contributed by atoms with Crippen LogP contribution in [0.1, 0.15) is 37.4 Å². The van der Waals surface area contributed by atoms with Gasteiger partial charge in [-0.05, 0) is 68.5 Å². The van der Waals surface area contributed by atoms with Crippen molar-refractivity contribution in [3.05, 3.63) is 19.2 Å². The molecule has 0 aromatic carbocycles. The fourth-order valence-corrected chi connectivity index (χ4v) is 6.19. The molecule has 1 aromatic rings. The first-order valence-corrected chi connectivity index (χ1v) is 8.21. The molecule has 88 valence electrons. The second-order valence-corrected chi connectivity index (χ2v) is 8.66. The van der Waals surface area contributed by atoms with Crippen molar-refractivity contribution in [3.63, 3.8) is 0 Å². The molecule has 0 aliphatic heterocycles. The summed E-state index contributed by atoms with van der Waals surface area (Å²) in [6, 6.07) is 2.06. The van der Waals surface area contributed by atoms with Crippen molar-refractivity contribution in [2.24, 2.45) is 17.8 Å². The number of hydrogen-bond acceptors (Lipinski definition) is 2. The van der Waals surface area contributed by atoms with Crippen molar-refractivity contribution >= 4 is 43.2 Å². The Kier molecular flexibility index (Phi) is 3.20. The molecule has 3 unspecified atom stereocenters. The highest BCUT2D eigenvalue weighted by Gasteiger charge is 2.54. The van der Waals surface area contributed by atoms with Crippen LogP contribution >= 0.6 is 43.2 Å². The van der Waals surface area contributed by atoms with Crippen LogP contribution in [0.25, 0.3) is 0 Å². The Morgan fingerprint density at radius 1 is 1.25 bits per heavy atom. The Morgan fingerprint density at radius 2 is 1.88 bits per heavy atom. The monoisotopic (exact) mass is 364 g/mol. The van der Waals surface area contributed by atoms with Gasteiger partial charge in [0.1, 0.15) is 0 Å². The Bertz CT molecular complexity index is 392. The normalized spacial score (nSPS) is 34.6. The molecule has 2 aliphatic rings. The SMILES string of the molecule is OC(c1cc(Br)sc1Br)C1C2CCCCC21. The van der Waals surface area contributed by atoms with Crippen LogP contribution in [-0.4, -0.2) is 5.11 Å². The zero-order valence-electron chi connectivity index (χ0n) is 8.83. The molecule has 0 saturated heterocycles. The summed E-state index contributed by atoms with van der Waals surface area (Å²) in [6.45, 7) is 0. The predicted molar refractivity (Wildman–Crippen MR) is 73.6 cm³/mol. The summed E-state index contributed by atoms with van der Waals surface area (Å²) < 4.78 is 2.17. The van der Waals surface area contributed by atoms with Crippen LogP contribution < -0.4 is 0 Å². The highest BCUT2D eigenvalue weighted by atomic mass is 79.9. The lowest BCUT2D eigenvalue weighted by Crippen LogP contribution is -2.01. The summed E-state index contributed by atoms with van der Waals surface area (Å²) in [5, 5.41) is 10.4. The first-order chi connectivity index (χ1) is 7.68. The first kappa shape index (κ1) is 11.7. The Hall–Kier alpha value is 0.620. The van der Waals surface area contributed by atoms with Gasteiger partial charge in [0, 0.05) is 5.56 Å². The maximum Gasteiger partial charge on any atom is 0.0843 e. The third-order valence-corrected chi connectivity index (χ3v) is 6.47. The fourth-order valence-electron chi connectivity index (χ4n) is 3.28. The van der Waals surface area contributed by atoms with Crippen LogP contribution in [0.4, 0.5) is 0 Å². The molecule has 0 amide bonds. The Morgan fingerprint density at radius 3 is 2.38 bits per heavy atom. The molecule has 2 aliphatic carbocycles. The van der Waals surface area contributed by atoms with E-state index in [4.69, 9.17) is 0 Å². The lowest BCUT2D eigenvalue weighted by molar-refractivity contribution is 0.142. The van der Waals surface area contributed by atoms with Gasteiger partial charge in [0.2, 0.25) is 0 Å². The van der Waals surface area contributed by atoms with Gasteiger partial charge in [-0.2, -0.15) is 0 Å². The number of aliphatic hydroxyl groups is 1. The fraction of sp³-hybridized carbons (Fsp3) is 0.667. The van der Waals surface area contributed by atoms with Crippen LogP contribution in [0.3, 0.4) is 0 Å². The maximum atomic E-state index is 10.4. The molecule has 0 spiro atoms. The van der Waals surface area contributed by atoms with Gasteiger partial charge in [0.25, 0.3) is 0 Å². The number of thiophene rings is 1. The van der Waals surface area contributed by atoms with Crippen LogP contribution in [-0.2, 0) is 0 Å². The molecule has 1 heterocycles. The van der Waals surface area contributed by atoms with Gasteiger partial charge in [0.05, 0.1) is 13.7 Å². The lowest BCUT2D eigenvalue weighted by atomic mass is 10.0. The highest BCUT2D eigenvalue weighted by Crippen LogP contribution is 2.61. The van der Waals surface area contributed by atoms with Crippen molar-refractivity contribution in [2.45, 2.75) is 31.8 Å². The molecular formula is C12H14Br2OS. The van der Waals surface area contributed by atoms with E-state index in [1.807, 2.05) is 0 Å². The van der Waals surface area contributed by atoms with Crippen molar-refractivity contribution in [1.82, 2.24) is 0 Å². The van der Waals surface area contributed by atoms with Crippen molar-refractivity contribution in [2.75, 3.05) is 0 Å². The first-order valence-electron chi connectivity index (χ1n) is 5.81. The zero-order valence-corrected chi connectivity index (χ0v) is 12.8. The molecule has 1 nitrogen and oxygen atoms in total. The van der Waals surface area contributed by atoms with E-state index >= 15 is 0 Å². The number of fused-ring (bicyclic) bond motifs is 1. The smallest absolute Gasteiger partial charge is 0.0843 e. The summed E-state index contributed by atoms with van der Waals surface area (Å²) >= 11 is 8.67. The molecule has 1 aromatic heterocycles. The van der Waals surface area contributed by atoms with E-state index < -0.39 is 0 Å². The molecule has 16 heavy (non-hydrogen) atoms. The van der Waals surface area contributed by atoms with E-state index in [1.165, 1.54) is 25.7 Å². The predicted octanol–water partition coefficient (Wildman–Crippen LogP) is 4.74. The van der Waals surface area contributed by atoms with Gasteiger partial charge in [-0.1, -0.05) is 12.8 Å². The van der Waals surface area contributed by atoms with Crippen molar-refractivity contribution in [1.29, 1.82) is 0 Å². The minimum Gasteiger partial charge on any atom is -0.388 e. The standard InChI is InChI=1S/C12H14Br2OS/c13-9-5-8(12(14)16-9)11(15)10-6-3-1-2-4-7(6)10/h5-7,10-11,15H,1-4H2. The second kappa shape index (κ2) is 4.38. The zero-order chi connectivity index (χ0) is 11.3. The van der Waals surface area contributed by atoms with Crippen molar-refractivity contribution in [3.8, 4) is 0 Å². The van der Waals surface area contributed by atoms with E-state index in [2.05, 4.69) is 37.9 Å². The molecule has 0 bridgehead atoms. The molecular weight excluding hydrogens is 352 g/mol. The van der Waals surface area contributed by atoms with E-state index in [0.29, 0.717) is 5.92 Å². The maximum absolute atomic E-state index is 10.4. The molecule has 2 saturated carbocycles. The molecule has 3 atom stereocenters. The molecule has 2 fully saturated rings. The summed E-state index contributed by atoms with van der Waals surface area (Å²) in [6.07, 6.45) is 5.12. The largest absolute Gasteiger partial charge is 0.388 e. The topological polar surface area (TPSA) is 20.2 Å². The van der Waals surface area contributed by atoms with E-state index in [9.17, 15) is 5.11 Å². The minimum atomic E-state index is -0.259. The average molecular weight is 366 g/mol. The van der Waals surface area contributed by atoms with Gasteiger partial charge < -0.3 is 5.11 Å². The van der Waals surface area contributed by atoms with Gasteiger partial charge in [-0.3, -0.25) is 0 Å². The molecule has 1 N–H and O–H groups in total. The second-order valence-electron chi connectivity index (χ2n) is 4.91. The molecule has 4 heteroatoms. The third-order valence-electron chi connectivity index (χ3n) is 4.09. The van der Waals surface area contributed by atoms with Crippen LogP contribution in [0.2, 0.25) is 0 Å². The number of hydrogen-bond donors (Lipinski definition) is 1. The van der Waals surface area contributed by atoms with E-state index in [0.717, 1.165) is 25.0 Å². The summed E-state index contributed by atoms with van der Waals surface area (Å²) in [7, 11) is 0. The quantitative estimate of drug-likeness (QED) is 0.802. The number of rotatable bonds is 2. The van der Waals surface area contributed by atoms with E-state index in [1.54, 1.807) is 11.3 Å². The van der Waals surface area contributed by atoms with Gasteiger partial charge >= 0.3 is 0 Å². The van der Waals surface area contributed by atoms with Crippen LogP contribution in [0.15, 0.2) is 13.6 Å². The van der Waals surface area contributed by atoms with Gasteiger partial charge in [-0.25, -0.2) is 0 Å². The highest BCUT2D eigenvalue weighted by molar-refractivity contribution is 9.12. The Balaban J connectivity index is 1.78. The molecule has 3 rings (SSSR count). The molecule has 0 radical (unpaired) electrons. The van der Waals surface area contributed by atoms with Gasteiger partial charge in [0.15, 0.2) is 0 Å². The number of halogens is 2. The van der Waals surface area contributed by atoms with Crippen LogP contribution in [0, 0.1) is 17.8 Å². The Labute approximate surface area is 117 Å². The summed E-state index contributed by atoms with van der Waals surface area (Å²) in [5.74, 6) is 2.13. The van der Waals surface area contributed by atoms with Crippen molar-refractivity contribution < 1.29 is 5.11 Å². The van der Waals surface area contributed by atoms with Gasteiger partial charge in [-0.15, -0.1) is 11.3 Å². The summed E-state index contributed by atoms with van der Waals surface area (Å²) in [5.41, 5.74) is 1.08. The summed E-state index contributed by atoms with van der Waals surface area (Å²) in [4.78, 5) is 0. The van der Waals surface area contributed by atoms with Crippen LogP contribution in [0.5, 0.6) is 0 Å². The minimum absolute atomic E-state index is 0.259. The lowest BCUT2D eigenvalue weighted by Gasteiger charge is -2.09. The van der Waals surface area contributed by atoms with E-state index in [-0.39, 0.29) is 6.10 Å². The average Bonchev–Trinajstić information content (AvgIpc) is 2.89. The third kappa shape index (κ3) is 1.92. The number of aliphatic hydroxyl groups excluding tert-OH is 1.